The van der Waals surface area contributed by atoms with Crippen LogP contribution in [-0.2, 0) is 13.1 Å². The van der Waals surface area contributed by atoms with Gasteiger partial charge in [0.2, 0.25) is 0 Å². The minimum absolute atomic E-state index is 0.165. The number of rotatable bonds is 7. The average molecular weight is 419 g/mol. The number of phenols is 1. The Kier molecular flexibility index (Phi) is 7.41. The van der Waals surface area contributed by atoms with Gasteiger partial charge in [0.25, 0.3) is 0 Å². The number of benzene rings is 2. The molecule has 1 unspecified atom stereocenters. The summed E-state index contributed by atoms with van der Waals surface area (Å²) < 4.78 is 5.44. The lowest BCUT2D eigenvalue weighted by atomic mass is 10.00. The molecular formula is C23H31ClN2O3. The number of aliphatic hydroxyl groups is 1. The number of piperazine rings is 1. The summed E-state index contributed by atoms with van der Waals surface area (Å²) in [6.45, 7) is 8.59. The zero-order chi connectivity index (χ0) is 21.0. The van der Waals surface area contributed by atoms with Gasteiger partial charge in [-0.1, -0.05) is 17.7 Å². The van der Waals surface area contributed by atoms with Crippen LogP contribution in [0.1, 0.15) is 28.7 Å². The smallest absolute Gasteiger partial charge is 0.122 e. The molecule has 0 aliphatic carbocycles. The summed E-state index contributed by atoms with van der Waals surface area (Å²) in [4.78, 5) is 4.78. The second-order valence-electron chi connectivity index (χ2n) is 7.82. The van der Waals surface area contributed by atoms with Crippen molar-refractivity contribution in [1.29, 1.82) is 0 Å². The molecule has 1 atom stereocenters. The van der Waals surface area contributed by atoms with Gasteiger partial charge in [0, 0.05) is 56.0 Å². The third kappa shape index (κ3) is 5.23. The van der Waals surface area contributed by atoms with E-state index < -0.39 is 0 Å². The highest BCUT2D eigenvalue weighted by molar-refractivity contribution is 6.30. The number of aromatic hydroxyl groups is 1. The van der Waals surface area contributed by atoms with Gasteiger partial charge in [-0.3, -0.25) is 9.80 Å². The lowest BCUT2D eigenvalue weighted by molar-refractivity contribution is 0.0495. The summed E-state index contributed by atoms with van der Waals surface area (Å²) in [6.07, 6.45) is 0.728. The quantitative estimate of drug-likeness (QED) is 0.717. The van der Waals surface area contributed by atoms with Crippen molar-refractivity contribution in [3.05, 3.63) is 57.6 Å². The van der Waals surface area contributed by atoms with Crippen molar-refractivity contribution in [3.8, 4) is 11.5 Å². The number of hydrogen-bond acceptors (Lipinski definition) is 5. The zero-order valence-electron chi connectivity index (χ0n) is 17.5. The lowest BCUT2D eigenvalue weighted by Gasteiger charge is -2.42. The molecule has 5 nitrogen and oxygen atoms in total. The minimum Gasteiger partial charge on any atom is -0.508 e. The molecule has 2 N–H and O–H groups in total. The van der Waals surface area contributed by atoms with Gasteiger partial charge in [-0.05, 0) is 61.2 Å². The molecule has 2 aromatic carbocycles. The second kappa shape index (κ2) is 9.81. The van der Waals surface area contributed by atoms with Crippen molar-refractivity contribution < 1.29 is 14.9 Å². The SMILES string of the molecule is COc1ccc(CN2CCN(Cc3cc(Cl)ccc3O)CC2CCO)c(C)c1C. The molecule has 0 bridgehead atoms. The maximum atomic E-state index is 10.1. The second-order valence-corrected chi connectivity index (χ2v) is 8.26. The Morgan fingerprint density at radius 2 is 1.86 bits per heavy atom. The van der Waals surface area contributed by atoms with Gasteiger partial charge in [0.15, 0.2) is 0 Å². The van der Waals surface area contributed by atoms with E-state index in [1.165, 1.54) is 16.7 Å². The number of phenolic OH excluding ortho intramolecular Hbond substituents is 1. The van der Waals surface area contributed by atoms with E-state index in [1.54, 1.807) is 19.2 Å². The van der Waals surface area contributed by atoms with Gasteiger partial charge in [0.1, 0.15) is 11.5 Å². The molecule has 6 heteroatoms. The molecule has 2 aromatic rings. The van der Waals surface area contributed by atoms with E-state index in [4.69, 9.17) is 16.3 Å². The average Bonchev–Trinajstić information content (AvgIpc) is 2.70. The first-order valence-electron chi connectivity index (χ1n) is 10.1. The van der Waals surface area contributed by atoms with Crippen molar-refractivity contribution >= 4 is 11.6 Å². The first-order chi connectivity index (χ1) is 13.9. The molecule has 158 valence electrons. The van der Waals surface area contributed by atoms with Crippen LogP contribution in [0.3, 0.4) is 0 Å². The van der Waals surface area contributed by atoms with Crippen LogP contribution >= 0.6 is 11.6 Å². The van der Waals surface area contributed by atoms with Gasteiger partial charge in [0.05, 0.1) is 7.11 Å². The first-order valence-corrected chi connectivity index (χ1v) is 10.5. The molecule has 1 aliphatic heterocycles. The van der Waals surface area contributed by atoms with Crippen LogP contribution in [0.25, 0.3) is 0 Å². The predicted molar refractivity (Wildman–Crippen MR) is 117 cm³/mol. The first kappa shape index (κ1) is 21.9. The Hall–Kier alpha value is -1.79. The summed E-state index contributed by atoms with van der Waals surface area (Å²) >= 11 is 6.10. The largest absolute Gasteiger partial charge is 0.508 e. The lowest BCUT2D eigenvalue weighted by Crippen LogP contribution is -2.52. The Labute approximate surface area is 178 Å². The van der Waals surface area contributed by atoms with E-state index >= 15 is 0 Å². The number of aliphatic hydroxyl groups excluding tert-OH is 1. The molecule has 3 rings (SSSR count). The van der Waals surface area contributed by atoms with Crippen LogP contribution in [0.5, 0.6) is 11.5 Å². The molecule has 0 amide bonds. The van der Waals surface area contributed by atoms with Gasteiger partial charge >= 0.3 is 0 Å². The number of hydrogen-bond donors (Lipinski definition) is 2. The highest BCUT2D eigenvalue weighted by Gasteiger charge is 2.27. The van der Waals surface area contributed by atoms with Crippen molar-refractivity contribution in [3.63, 3.8) is 0 Å². The van der Waals surface area contributed by atoms with Gasteiger partial charge < -0.3 is 14.9 Å². The third-order valence-electron chi connectivity index (χ3n) is 6.03. The molecule has 0 aromatic heterocycles. The number of nitrogens with zero attached hydrogens (tertiary/aromatic N) is 2. The molecule has 1 fully saturated rings. The fourth-order valence-electron chi connectivity index (χ4n) is 4.12. The highest BCUT2D eigenvalue weighted by atomic mass is 35.5. The van der Waals surface area contributed by atoms with Crippen LogP contribution in [-0.4, -0.2) is 59.4 Å². The number of methoxy groups -OCH3 is 1. The van der Waals surface area contributed by atoms with Crippen molar-refractivity contribution in [2.75, 3.05) is 33.4 Å². The molecule has 0 saturated carbocycles. The van der Waals surface area contributed by atoms with Gasteiger partial charge in [-0.25, -0.2) is 0 Å². The molecular weight excluding hydrogens is 388 g/mol. The maximum absolute atomic E-state index is 10.1. The Morgan fingerprint density at radius 1 is 1.07 bits per heavy atom. The van der Waals surface area contributed by atoms with E-state index in [2.05, 4.69) is 29.7 Å². The standard InChI is InChI=1S/C23H31ClN2O3/c1-16-17(2)23(29-3)7-4-18(16)14-26-10-9-25(15-21(26)8-11-27)13-19-12-20(24)5-6-22(19)28/h4-7,12,21,27-28H,8-11,13-15H2,1-3H3. The van der Waals surface area contributed by atoms with E-state index in [1.807, 2.05) is 12.1 Å². The van der Waals surface area contributed by atoms with E-state index in [0.717, 1.165) is 43.9 Å². The normalized spacial score (nSPS) is 18.2. The summed E-state index contributed by atoms with van der Waals surface area (Å²) in [5, 5.41) is 20.4. The fourth-order valence-corrected chi connectivity index (χ4v) is 4.31. The molecule has 1 aliphatic rings. The summed E-state index contributed by atoms with van der Waals surface area (Å²) in [5.41, 5.74) is 4.58. The monoisotopic (exact) mass is 418 g/mol. The maximum Gasteiger partial charge on any atom is 0.122 e. The molecule has 0 radical (unpaired) electrons. The topological polar surface area (TPSA) is 56.2 Å². The minimum atomic E-state index is 0.165. The number of ether oxygens (including phenoxy) is 1. The van der Waals surface area contributed by atoms with Gasteiger partial charge in [-0.2, -0.15) is 0 Å². The number of halogens is 1. The molecule has 29 heavy (non-hydrogen) atoms. The van der Waals surface area contributed by atoms with Gasteiger partial charge in [-0.15, -0.1) is 0 Å². The van der Waals surface area contributed by atoms with Crippen molar-refractivity contribution in [1.82, 2.24) is 9.80 Å². The molecule has 1 saturated heterocycles. The predicted octanol–water partition coefficient (Wildman–Crippen LogP) is 3.74. The Balaban J connectivity index is 1.71. The van der Waals surface area contributed by atoms with Crippen molar-refractivity contribution in [2.24, 2.45) is 0 Å². The van der Waals surface area contributed by atoms with Crippen molar-refractivity contribution in [2.45, 2.75) is 39.4 Å². The van der Waals surface area contributed by atoms with E-state index in [9.17, 15) is 10.2 Å². The van der Waals surface area contributed by atoms with Crippen LogP contribution in [0.4, 0.5) is 0 Å². The van der Waals surface area contributed by atoms with E-state index in [-0.39, 0.29) is 18.4 Å². The van der Waals surface area contributed by atoms with Crippen LogP contribution < -0.4 is 4.74 Å². The van der Waals surface area contributed by atoms with E-state index in [0.29, 0.717) is 11.6 Å². The zero-order valence-corrected chi connectivity index (χ0v) is 18.2. The third-order valence-corrected chi connectivity index (χ3v) is 6.26. The Morgan fingerprint density at radius 3 is 2.59 bits per heavy atom. The van der Waals surface area contributed by atoms with Crippen LogP contribution in [0.2, 0.25) is 5.02 Å². The van der Waals surface area contributed by atoms with Crippen LogP contribution in [0.15, 0.2) is 30.3 Å². The molecule has 1 heterocycles. The summed E-state index contributed by atoms with van der Waals surface area (Å²) in [5.74, 6) is 1.20. The fraction of sp³-hybridized carbons (Fsp3) is 0.478. The van der Waals surface area contributed by atoms with Crippen LogP contribution in [0, 0.1) is 13.8 Å². The molecule has 0 spiro atoms. The highest BCUT2D eigenvalue weighted by Crippen LogP contribution is 2.28. The summed E-state index contributed by atoms with van der Waals surface area (Å²) in [6, 6.07) is 9.62. The Bertz CT molecular complexity index is 843. The summed E-state index contributed by atoms with van der Waals surface area (Å²) in [7, 11) is 1.70.